The zero-order valence-corrected chi connectivity index (χ0v) is 13.2. The van der Waals surface area contributed by atoms with E-state index < -0.39 is 0 Å². The van der Waals surface area contributed by atoms with Crippen LogP contribution in [0.25, 0.3) is 0 Å². The summed E-state index contributed by atoms with van der Waals surface area (Å²) in [5, 5.41) is 6.33. The van der Waals surface area contributed by atoms with Crippen LogP contribution in [0.4, 0.5) is 0 Å². The van der Waals surface area contributed by atoms with Crippen LogP contribution in [0.2, 0.25) is 0 Å². The summed E-state index contributed by atoms with van der Waals surface area (Å²) in [6.07, 6.45) is 0. The van der Waals surface area contributed by atoms with Crippen LogP contribution >= 0.6 is 0 Å². The first kappa shape index (κ1) is 16.4. The lowest BCUT2D eigenvalue weighted by Gasteiger charge is -2.12. The topological polar surface area (TPSA) is 69.2 Å². The molecule has 0 bridgehead atoms. The number of likely N-dealkylation sites (N-methyl/N-ethyl adjacent to an activating group) is 1. The van der Waals surface area contributed by atoms with Gasteiger partial charge in [0, 0.05) is 7.05 Å². The van der Waals surface area contributed by atoms with Crippen LogP contribution in [0.1, 0.15) is 5.56 Å². The van der Waals surface area contributed by atoms with E-state index in [2.05, 4.69) is 10.5 Å². The number of ether oxygens (including phenoxy) is 2. The molecule has 1 N–H and O–H groups in total. The molecular weight excluding hydrogens is 296 g/mol. The number of para-hydroxylation sites is 1. The van der Waals surface area contributed by atoms with Gasteiger partial charge in [0.15, 0.2) is 5.71 Å². The van der Waals surface area contributed by atoms with E-state index in [0.29, 0.717) is 17.1 Å². The van der Waals surface area contributed by atoms with Crippen LogP contribution in [0.3, 0.4) is 0 Å². The average molecular weight is 314 g/mol. The molecule has 0 fully saturated rings. The van der Waals surface area contributed by atoms with Gasteiger partial charge < -0.3 is 19.6 Å². The van der Waals surface area contributed by atoms with Crippen molar-refractivity contribution in [1.29, 1.82) is 0 Å². The van der Waals surface area contributed by atoms with Crippen molar-refractivity contribution in [1.82, 2.24) is 5.32 Å². The Hall–Kier alpha value is -3.02. The Kier molecular flexibility index (Phi) is 5.57. The number of hydrogen-bond donors (Lipinski definition) is 1. The number of carbonyl (C=O) groups excluding carboxylic acids is 1. The summed E-state index contributed by atoms with van der Waals surface area (Å²) in [5.74, 6) is 1.49. The molecule has 0 aliphatic heterocycles. The molecule has 120 valence electrons. The van der Waals surface area contributed by atoms with Crippen LogP contribution in [-0.2, 0) is 9.63 Å². The van der Waals surface area contributed by atoms with Gasteiger partial charge in [-0.25, -0.2) is 0 Å². The molecule has 0 saturated carbocycles. The zero-order chi connectivity index (χ0) is 16.7. The highest BCUT2D eigenvalue weighted by Gasteiger charge is 2.18. The van der Waals surface area contributed by atoms with Crippen molar-refractivity contribution in [2.45, 2.75) is 0 Å². The van der Waals surface area contributed by atoms with Crippen molar-refractivity contribution in [2.75, 3.05) is 21.3 Å². The molecule has 0 spiro atoms. The second-order valence-electron chi connectivity index (χ2n) is 4.48. The number of methoxy groups -OCH3 is 1. The van der Waals surface area contributed by atoms with E-state index >= 15 is 0 Å². The summed E-state index contributed by atoms with van der Waals surface area (Å²) in [4.78, 5) is 16.8. The van der Waals surface area contributed by atoms with E-state index in [4.69, 9.17) is 14.3 Å². The Labute approximate surface area is 134 Å². The lowest BCUT2D eigenvalue weighted by molar-refractivity contribution is -0.114. The van der Waals surface area contributed by atoms with Gasteiger partial charge in [0.2, 0.25) is 0 Å². The van der Waals surface area contributed by atoms with Gasteiger partial charge in [0.05, 0.1) is 12.7 Å². The van der Waals surface area contributed by atoms with Crippen molar-refractivity contribution in [3.05, 3.63) is 54.1 Å². The van der Waals surface area contributed by atoms with E-state index in [9.17, 15) is 4.79 Å². The molecule has 6 heteroatoms. The molecule has 0 radical (unpaired) electrons. The number of nitrogens with one attached hydrogen (secondary N) is 1. The largest absolute Gasteiger partial charge is 0.497 e. The number of nitrogens with zero attached hydrogens (tertiary/aromatic N) is 1. The predicted octanol–water partition coefficient (Wildman–Crippen LogP) is 2.58. The standard InChI is InChI=1S/C17H18N2O4/c1-18-17(20)16(19-22-3)14-6-4-5-7-15(14)23-13-10-8-12(21-2)9-11-13/h4-11H,1-3H3,(H,18,20)/b19-16-. The first-order valence-corrected chi connectivity index (χ1v) is 6.94. The molecule has 1 amide bonds. The monoisotopic (exact) mass is 314 g/mol. The van der Waals surface area contributed by atoms with Gasteiger partial charge >= 0.3 is 0 Å². The molecule has 0 aromatic heterocycles. The fraction of sp³-hybridized carbons (Fsp3) is 0.176. The van der Waals surface area contributed by atoms with Crippen LogP contribution in [-0.4, -0.2) is 32.9 Å². The molecule has 0 saturated heterocycles. The Morgan fingerprint density at radius 2 is 1.65 bits per heavy atom. The van der Waals surface area contributed by atoms with E-state index in [1.807, 2.05) is 6.07 Å². The maximum atomic E-state index is 12.0. The predicted molar refractivity (Wildman–Crippen MR) is 87.1 cm³/mol. The number of oxime groups is 1. The molecular formula is C17H18N2O4. The zero-order valence-electron chi connectivity index (χ0n) is 13.2. The number of amides is 1. The average Bonchev–Trinajstić information content (AvgIpc) is 2.60. The summed E-state index contributed by atoms with van der Waals surface area (Å²) < 4.78 is 11.0. The minimum atomic E-state index is -0.363. The molecule has 23 heavy (non-hydrogen) atoms. The van der Waals surface area contributed by atoms with Crippen LogP contribution in [0.15, 0.2) is 53.7 Å². The quantitative estimate of drug-likeness (QED) is 0.657. The third-order valence-corrected chi connectivity index (χ3v) is 3.05. The Bertz CT molecular complexity index is 696. The number of hydrogen-bond acceptors (Lipinski definition) is 5. The van der Waals surface area contributed by atoms with Gasteiger partial charge in [-0.1, -0.05) is 17.3 Å². The van der Waals surface area contributed by atoms with Crippen LogP contribution < -0.4 is 14.8 Å². The molecule has 0 aliphatic rings. The van der Waals surface area contributed by atoms with Crippen LogP contribution in [0, 0.1) is 0 Å². The second-order valence-corrected chi connectivity index (χ2v) is 4.48. The SMILES string of the molecule is CNC(=O)/C(=N\OC)c1ccccc1Oc1ccc(OC)cc1. The van der Waals surface area contributed by atoms with Crippen molar-refractivity contribution in [2.24, 2.45) is 5.16 Å². The van der Waals surface area contributed by atoms with Crippen molar-refractivity contribution >= 4 is 11.6 Å². The van der Waals surface area contributed by atoms with Gasteiger partial charge in [0.1, 0.15) is 24.4 Å². The molecule has 2 rings (SSSR count). The van der Waals surface area contributed by atoms with Crippen LogP contribution in [0.5, 0.6) is 17.2 Å². The highest BCUT2D eigenvalue weighted by Crippen LogP contribution is 2.27. The molecule has 6 nitrogen and oxygen atoms in total. The Morgan fingerprint density at radius 3 is 2.26 bits per heavy atom. The van der Waals surface area contributed by atoms with Crippen molar-refractivity contribution in [3.8, 4) is 17.2 Å². The molecule has 0 atom stereocenters. The second kappa shape index (κ2) is 7.84. The minimum Gasteiger partial charge on any atom is -0.497 e. The minimum absolute atomic E-state index is 0.138. The summed E-state index contributed by atoms with van der Waals surface area (Å²) in [7, 11) is 4.51. The summed E-state index contributed by atoms with van der Waals surface area (Å²) in [6, 6.07) is 14.3. The van der Waals surface area contributed by atoms with E-state index in [0.717, 1.165) is 5.75 Å². The van der Waals surface area contributed by atoms with Gasteiger partial charge in [-0.3, -0.25) is 4.79 Å². The first-order valence-electron chi connectivity index (χ1n) is 6.94. The Balaban J connectivity index is 2.35. The van der Waals surface area contributed by atoms with Gasteiger partial charge in [0.25, 0.3) is 5.91 Å². The van der Waals surface area contributed by atoms with Gasteiger partial charge in [-0.2, -0.15) is 0 Å². The van der Waals surface area contributed by atoms with Gasteiger partial charge in [-0.15, -0.1) is 0 Å². The number of carbonyl (C=O) groups is 1. The fourth-order valence-electron chi connectivity index (χ4n) is 1.94. The maximum Gasteiger partial charge on any atom is 0.273 e. The number of benzene rings is 2. The summed E-state index contributed by atoms with van der Waals surface area (Å²) >= 11 is 0. The highest BCUT2D eigenvalue weighted by molar-refractivity contribution is 6.45. The maximum absolute atomic E-state index is 12.0. The highest BCUT2D eigenvalue weighted by atomic mass is 16.6. The van der Waals surface area contributed by atoms with E-state index in [1.165, 1.54) is 14.2 Å². The third-order valence-electron chi connectivity index (χ3n) is 3.05. The van der Waals surface area contributed by atoms with E-state index in [-0.39, 0.29) is 11.6 Å². The Morgan fingerprint density at radius 1 is 1.00 bits per heavy atom. The molecule has 0 heterocycles. The van der Waals surface area contributed by atoms with Crippen molar-refractivity contribution < 1.29 is 19.1 Å². The summed E-state index contributed by atoms with van der Waals surface area (Å²) in [6.45, 7) is 0. The summed E-state index contributed by atoms with van der Waals surface area (Å²) in [5.41, 5.74) is 0.670. The van der Waals surface area contributed by atoms with Gasteiger partial charge in [-0.05, 0) is 36.4 Å². The first-order chi connectivity index (χ1) is 11.2. The van der Waals surface area contributed by atoms with E-state index in [1.54, 1.807) is 49.6 Å². The third kappa shape index (κ3) is 4.00. The lowest BCUT2D eigenvalue weighted by atomic mass is 10.1. The fourth-order valence-corrected chi connectivity index (χ4v) is 1.94. The van der Waals surface area contributed by atoms with Crippen molar-refractivity contribution in [3.63, 3.8) is 0 Å². The smallest absolute Gasteiger partial charge is 0.273 e. The molecule has 2 aromatic carbocycles. The molecule has 0 unspecified atom stereocenters. The number of rotatable bonds is 6. The lowest BCUT2D eigenvalue weighted by Crippen LogP contribution is -2.28. The molecule has 2 aromatic rings. The normalized spacial score (nSPS) is 10.8. The molecule has 0 aliphatic carbocycles.